The van der Waals surface area contributed by atoms with Crippen molar-refractivity contribution in [3.05, 3.63) is 24.0 Å². The van der Waals surface area contributed by atoms with Gasteiger partial charge in [0, 0.05) is 18.3 Å². The molecule has 0 radical (unpaired) electrons. The van der Waals surface area contributed by atoms with E-state index in [1.165, 1.54) is 19.3 Å². The number of aromatic nitrogens is 1. The summed E-state index contributed by atoms with van der Waals surface area (Å²) in [7, 11) is 0. The minimum Gasteiger partial charge on any atom is -0.321 e. The van der Waals surface area contributed by atoms with E-state index in [0.717, 1.165) is 23.8 Å². The number of nitrogens with zero attached hydrogens (tertiary/aromatic N) is 2. The molecule has 3 rings (SSSR count). The number of likely N-dealkylation sites (tertiary alicyclic amines) is 1. The topological polar surface area (TPSA) is 45.2 Å². The van der Waals surface area contributed by atoms with Crippen molar-refractivity contribution in [2.75, 3.05) is 11.9 Å². The van der Waals surface area contributed by atoms with Crippen LogP contribution in [-0.2, 0) is 0 Å². The molecule has 0 bridgehead atoms. The third kappa shape index (κ3) is 1.88. The van der Waals surface area contributed by atoms with E-state index >= 15 is 0 Å². The van der Waals surface area contributed by atoms with Crippen molar-refractivity contribution in [1.29, 1.82) is 0 Å². The van der Waals surface area contributed by atoms with Gasteiger partial charge in [0.15, 0.2) is 0 Å². The number of pyridine rings is 1. The third-order valence-corrected chi connectivity index (χ3v) is 3.87. The number of urea groups is 1. The Balaban J connectivity index is 1.62. The van der Waals surface area contributed by atoms with Gasteiger partial charge >= 0.3 is 6.03 Å². The highest BCUT2D eigenvalue weighted by atomic mass is 16.2. The highest BCUT2D eigenvalue weighted by molar-refractivity contribution is 5.90. The minimum absolute atomic E-state index is 0.0267. The molecule has 90 valence electrons. The van der Waals surface area contributed by atoms with Gasteiger partial charge in [0.25, 0.3) is 0 Å². The molecule has 4 nitrogen and oxygen atoms in total. The molecule has 2 unspecified atom stereocenters. The van der Waals surface area contributed by atoms with E-state index in [-0.39, 0.29) is 6.03 Å². The van der Waals surface area contributed by atoms with Gasteiger partial charge in [0.1, 0.15) is 0 Å². The predicted molar refractivity (Wildman–Crippen MR) is 65.8 cm³/mol. The quantitative estimate of drug-likeness (QED) is 0.806. The highest BCUT2D eigenvalue weighted by Gasteiger charge is 2.44. The molecule has 2 heterocycles. The van der Waals surface area contributed by atoms with Crippen molar-refractivity contribution in [3.63, 3.8) is 0 Å². The van der Waals surface area contributed by atoms with Crippen molar-refractivity contribution in [2.24, 2.45) is 5.92 Å². The Morgan fingerprint density at radius 2 is 2.35 bits per heavy atom. The Hall–Kier alpha value is -1.58. The number of hydrogen-bond donors (Lipinski definition) is 1. The number of carbonyl (C=O) groups is 1. The fourth-order valence-electron chi connectivity index (χ4n) is 2.86. The number of hydrogen-bond acceptors (Lipinski definition) is 2. The van der Waals surface area contributed by atoms with Crippen LogP contribution in [0, 0.1) is 12.8 Å². The summed E-state index contributed by atoms with van der Waals surface area (Å²) in [5, 5.41) is 2.91. The minimum atomic E-state index is 0.0267. The molecule has 2 aliphatic rings. The second kappa shape index (κ2) is 4.02. The van der Waals surface area contributed by atoms with Crippen LogP contribution in [0.2, 0.25) is 0 Å². The summed E-state index contributed by atoms with van der Waals surface area (Å²) < 4.78 is 0. The first kappa shape index (κ1) is 10.6. The maximum Gasteiger partial charge on any atom is 0.322 e. The molecule has 0 aromatic carbocycles. The van der Waals surface area contributed by atoms with E-state index in [1.807, 2.05) is 24.0 Å². The molecule has 1 aliphatic heterocycles. The van der Waals surface area contributed by atoms with E-state index in [2.05, 4.69) is 10.3 Å². The van der Waals surface area contributed by atoms with E-state index < -0.39 is 0 Å². The van der Waals surface area contributed by atoms with Crippen molar-refractivity contribution >= 4 is 11.7 Å². The van der Waals surface area contributed by atoms with E-state index in [9.17, 15) is 4.79 Å². The van der Waals surface area contributed by atoms with E-state index in [4.69, 9.17) is 0 Å². The van der Waals surface area contributed by atoms with Crippen LogP contribution >= 0.6 is 0 Å². The lowest BCUT2D eigenvalue weighted by Crippen LogP contribution is -2.57. The number of nitrogens with one attached hydrogen (secondary N) is 1. The fraction of sp³-hybridized carbons (Fsp3) is 0.538. The molecule has 2 fully saturated rings. The van der Waals surface area contributed by atoms with Crippen molar-refractivity contribution < 1.29 is 4.79 Å². The van der Waals surface area contributed by atoms with Gasteiger partial charge in [-0.2, -0.15) is 0 Å². The van der Waals surface area contributed by atoms with Crippen LogP contribution in [-0.4, -0.2) is 28.5 Å². The Labute approximate surface area is 101 Å². The zero-order chi connectivity index (χ0) is 11.8. The van der Waals surface area contributed by atoms with E-state index in [0.29, 0.717) is 6.04 Å². The zero-order valence-corrected chi connectivity index (χ0v) is 10.0. The van der Waals surface area contributed by atoms with Crippen LogP contribution in [0.25, 0.3) is 0 Å². The van der Waals surface area contributed by atoms with Crippen molar-refractivity contribution in [1.82, 2.24) is 9.88 Å². The van der Waals surface area contributed by atoms with Crippen LogP contribution in [0.15, 0.2) is 18.3 Å². The van der Waals surface area contributed by atoms with Gasteiger partial charge < -0.3 is 10.2 Å². The molecule has 2 atom stereocenters. The van der Waals surface area contributed by atoms with Gasteiger partial charge in [-0.3, -0.25) is 4.98 Å². The standard InChI is InChI=1S/C13H17N3O/c1-9-5-6-11(7-14-9)15-13(17)16-8-10-3-2-4-12(10)16/h5-7,10,12H,2-4,8H2,1H3,(H,15,17). The zero-order valence-electron chi connectivity index (χ0n) is 10.0. The van der Waals surface area contributed by atoms with Crippen molar-refractivity contribution in [2.45, 2.75) is 32.2 Å². The van der Waals surface area contributed by atoms with Crippen LogP contribution in [0.1, 0.15) is 25.0 Å². The van der Waals surface area contributed by atoms with Crippen LogP contribution < -0.4 is 5.32 Å². The lowest BCUT2D eigenvalue weighted by molar-refractivity contribution is 0.0797. The Morgan fingerprint density at radius 3 is 3.06 bits per heavy atom. The summed E-state index contributed by atoms with van der Waals surface area (Å²) in [5.74, 6) is 0.761. The lowest BCUT2D eigenvalue weighted by atomic mass is 9.92. The largest absolute Gasteiger partial charge is 0.322 e. The SMILES string of the molecule is Cc1ccc(NC(=O)N2CC3CCCC32)cn1. The third-order valence-electron chi connectivity index (χ3n) is 3.87. The summed E-state index contributed by atoms with van der Waals surface area (Å²) in [6, 6.07) is 4.32. The number of aryl methyl sites for hydroxylation is 1. The molecule has 17 heavy (non-hydrogen) atoms. The molecule has 1 aromatic rings. The molecule has 1 N–H and O–H groups in total. The average molecular weight is 231 g/mol. The number of rotatable bonds is 1. The average Bonchev–Trinajstić information content (AvgIpc) is 2.64. The molecule has 1 aromatic heterocycles. The molecule has 1 aliphatic carbocycles. The molecular formula is C13H17N3O. The van der Waals surface area contributed by atoms with Crippen LogP contribution in [0.4, 0.5) is 10.5 Å². The smallest absolute Gasteiger partial charge is 0.321 e. The fourth-order valence-corrected chi connectivity index (χ4v) is 2.86. The Bertz CT molecular complexity index is 429. The summed E-state index contributed by atoms with van der Waals surface area (Å²) >= 11 is 0. The monoisotopic (exact) mass is 231 g/mol. The van der Waals surface area contributed by atoms with Crippen LogP contribution in [0.5, 0.6) is 0 Å². The van der Waals surface area contributed by atoms with Gasteiger partial charge in [0.05, 0.1) is 11.9 Å². The molecular weight excluding hydrogens is 214 g/mol. The Morgan fingerprint density at radius 1 is 1.47 bits per heavy atom. The first-order valence-electron chi connectivity index (χ1n) is 6.24. The van der Waals surface area contributed by atoms with E-state index in [1.54, 1.807) is 6.20 Å². The summed E-state index contributed by atoms with van der Waals surface area (Å²) in [4.78, 5) is 18.1. The van der Waals surface area contributed by atoms with Gasteiger partial charge in [-0.15, -0.1) is 0 Å². The second-order valence-corrected chi connectivity index (χ2v) is 5.03. The first-order chi connectivity index (χ1) is 8.24. The summed E-state index contributed by atoms with van der Waals surface area (Å²) in [5.41, 5.74) is 1.74. The Kier molecular flexibility index (Phi) is 2.50. The molecule has 0 spiro atoms. The number of anilines is 1. The lowest BCUT2D eigenvalue weighted by Gasteiger charge is -2.44. The van der Waals surface area contributed by atoms with Gasteiger partial charge in [-0.05, 0) is 37.8 Å². The van der Waals surface area contributed by atoms with Gasteiger partial charge in [-0.25, -0.2) is 4.79 Å². The second-order valence-electron chi connectivity index (χ2n) is 5.03. The molecule has 4 heteroatoms. The molecule has 1 saturated heterocycles. The summed E-state index contributed by atoms with van der Waals surface area (Å²) in [6.45, 7) is 2.86. The normalized spacial score (nSPS) is 26.3. The maximum absolute atomic E-state index is 12.0. The maximum atomic E-state index is 12.0. The molecule has 1 saturated carbocycles. The number of amides is 2. The van der Waals surface area contributed by atoms with Crippen molar-refractivity contribution in [3.8, 4) is 0 Å². The predicted octanol–water partition coefficient (Wildman–Crippen LogP) is 2.41. The van der Waals surface area contributed by atoms with Gasteiger partial charge in [-0.1, -0.05) is 6.42 Å². The highest BCUT2D eigenvalue weighted by Crippen LogP contribution is 2.38. The van der Waals surface area contributed by atoms with Gasteiger partial charge in [0.2, 0.25) is 0 Å². The summed E-state index contributed by atoms with van der Waals surface area (Å²) in [6.07, 6.45) is 5.44. The van der Waals surface area contributed by atoms with Crippen LogP contribution in [0.3, 0.4) is 0 Å². The first-order valence-corrected chi connectivity index (χ1v) is 6.24. The number of fused-ring (bicyclic) bond motifs is 1. The number of carbonyl (C=O) groups excluding carboxylic acids is 1. The molecule has 2 amide bonds.